The number of piperazine rings is 1. The second-order valence-electron chi connectivity index (χ2n) is 14.5. The van der Waals surface area contributed by atoms with Gasteiger partial charge in [-0.1, -0.05) is 23.7 Å². The van der Waals surface area contributed by atoms with Gasteiger partial charge in [-0.2, -0.15) is 5.26 Å². The zero-order chi connectivity index (χ0) is 36.2. The van der Waals surface area contributed by atoms with E-state index in [9.17, 15) is 14.4 Å². The number of piperidine rings is 2. The number of carbonyl (C=O) groups is 3. The van der Waals surface area contributed by atoms with Gasteiger partial charge in [-0.15, -0.1) is 10.2 Å². The molecule has 1 aromatic heterocycles. The van der Waals surface area contributed by atoms with E-state index < -0.39 is 5.91 Å². The van der Waals surface area contributed by atoms with Gasteiger partial charge in [-0.3, -0.25) is 24.6 Å². The highest BCUT2D eigenvalue weighted by Gasteiger charge is 2.31. The molecule has 4 fully saturated rings. The first kappa shape index (κ1) is 35.7. The largest absolute Gasteiger partial charge is 0.490 e. The zero-order valence-corrected chi connectivity index (χ0v) is 30.1. The number of amides is 3. The average molecular weight is 725 g/mol. The maximum absolute atomic E-state index is 12.4. The molecule has 3 aliphatic heterocycles. The zero-order valence-electron chi connectivity index (χ0n) is 29.3. The molecule has 1 aliphatic carbocycles. The predicted molar refractivity (Wildman–Crippen MR) is 197 cm³/mol. The Balaban J connectivity index is 0.881. The molecule has 3 saturated heterocycles. The molecule has 7 rings (SSSR count). The van der Waals surface area contributed by atoms with Crippen molar-refractivity contribution in [2.24, 2.45) is 11.7 Å². The molecule has 4 aliphatic rings. The fraction of sp³-hybridized carbons (Fsp3) is 0.487. The van der Waals surface area contributed by atoms with Crippen LogP contribution in [0.25, 0.3) is 0 Å². The lowest BCUT2D eigenvalue weighted by Gasteiger charge is -2.40. The Morgan fingerprint density at radius 3 is 2.29 bits per heavy atom. The molecule has 272 valence electrons. The molecule has 1 atom stereocenters. The highest BCUT2D eigenvalue weighted by atomic mass is 35.5. The van der Waals surface area contributed by atoms with Gasteiger partial charge in [0.1, 0.15) is 11.8 Å². The van der Waals surface area contributed by atoms with E-state index in [-0.39, 0.29) is 35.4 Å². The van der Waals surface area contributed by atoms with Crippen LogP contribution in [0, 0.1) is 17.2 Å². The van der Waals surface area contributed by atoms with Crippen molar-refractivity contribution in [3.8, 4) is 11.8 Å². The van der Waals surface area contributed by atoms with Gasteiger partial charge in [0.25, 0.3) is 5.91 Å². The molecule has 2 aromatic carbocycles. The number of ether oxygens (including phenoxy) is 1. The van der Waals surface area contributed by atoms with E-state index in [4.69, 9.17) is 27.3 Å². The van der Waals surface area contributed by atoms with E-state index >= 15 is 0 Å². The Kier molecular flexibility index (Phi) is 10.9. The SMILES string of the molecule is N#Cc1ccc(OC2CCC(c3cc(N4CCC(CN5CCN(c6ccc(C7CCC(=O)NC7=O)cc6)CC5)CC4)nnc3C(N)=O)CC2)cc1Cl. The summed E-state index contributed by atoms with van der Waals surface area (Å²) < 4.78 is 6.19. The number of nitrogens with one attached hydrogen (secondary N) is 1. The molecule has 52 heavy (non-hydrogen) atoms. The Hall–Kier alpha value is -4.73. The smallest absolute Gasteiger partial charge is 0.269 e. The summed E-state index contributed by atoms with van der Waals surface area (Å²) in [6.07, 6.45) is 6.41. The van der Waals surface area contributed by atoms with Gasteiger partial charge in [0.05, 0.1) is 22.6 Å². The molecule has 3 N–H and O–H groups in total. The number of halogens is 1. The molecular weight excluding hydrogens is 680 g/mol. The first-order chi connectivity index (χ1) is 25.2. The second-order valence-corrected chi connectivity index (χ2v) is 14.9. The molecule has 0 bridgehead atoms. The fourth-order valence-corrected chi connectivity index (χ4v) is 8.44. The van der Waals surface area contributed by atoms with Gasteiger partial charge in [0, 0.05) is 64.0 Å². The molecule has 12 nitrogen and oxygen atoms in total. The van der Waals surface area contributed by atoms with Crippen LogP contribution in [0.2, 0.25) is 5.02 Å². The van der Waals surface area contributed by atoms with Crippen LogP contribution in [0.4, 0.5) is 11.5 Å². The number of hydrogen-bond donors (Lipinski definition) is 2. The minimum atomic E-state index is -0.553. The Bertz CT molecular complexity index is 1820. The van der Waals surface area contributed by atoms with Crippen molar-refractivity contribution in [2.45, 2.75) is 69.3 Å². The maximum Gasteiger partial charge on any atom is 0.269 e. The third-order valence-electron chi connectivity index (χ3n) is 11.2. The summed E-state index contributed by atoms with van der Waals surface area (Å²) in [5, 5.41) is 20.8. The van der Waals surface area contributed by atoms with Crippen LogP contribution in [0.15, 0.2) is 48.5 Å². The molecule has 13 heteroatoms. The molecule has 4 heterocycles. The average Bonchev–Trinajstić information content (AvgIpc) is 3.16. The number of imide groups is 1. The Labute approximate surface area is 309 Å². The van der Waals surface area contributed by atoms with E-state index in [1.165, 1.54) is 5.69 Å². The third-order valence-corrected chi connectivity index (χ3v) is 11.6. The standard InChI is InChI=1S/C39H45ClN8O4/c40-34-21-31(10-5-28(34)23-41)52-30-8-3-27(4-9-30)33-22-35(44-45-37(33)38(42)50)48-15-13-25(14-16-48)24-46-17-19-47(20-18-46)29-6-1-26(2-7-29)32-11-12-36(49)43-39(32)51/h1-2,5-7,10,21-22,25,27,30,32H,3-4,8-9,11-20,24H2,(H2,42,50)(H,43,49,51). The van der Waals surface area contributed by atoms with Crippen molar-refractivity contribution in [3.63, 3.8) is 0 Å². The molecule has 0 radical (unpaired) electrons. The van der Waals surface area contributed by atoms with Crippen molar-refractivity contribution < 1.29 is 19.1 Å². The molecule has 0 spiro atoms. The lowest BCUT2D eigenvalue weighted by atomic mass is 9.82. The normalized spacial score (nSPS) is 23.2. The molecular formula is C39H45ClN8O4. The molecule has 3 amide bonds. The number of nitrogens with zero attached hydrogens (tertiary/aromatic N) is 6. The predicted octanol–water partition coefficient (Wildman–Crippen LogP) is 4.76. The number of carbonyl (C=O) groups excluding carboxylic acids is 3. The van der Waals surface area contributed by atoms with E-state index in [0.717, 1.165) is 101 Å². The summed E-state index contributed by atoms with van der Waals surface area (Å²) in [4.78, 5) is 43.4. The number of rotatable bonds is 9. The number of nitrogens with two attached hydrogens (primary N) is 1. The van der Waals surface area contributed by atoms with Crippen LogP contribution in [0.5, 0.6) is 5.75 Å². The number of nitriles is 1. The highest BCUT2D eigenvalue weighted by Crippen LogP contribution is 2.38. The number of hydrogen-bond acceptors (Lipinski definition) is 10. The summed E-state index contributed by atoms with van der Waals surface area (Å²) in [5.74, 6) is 1.01. The van der Waals surface area contributed by atoms with Gasteiger partial charge in [-0.05, 0) is 98.2 Å². The van der Waals surface area contributed by atoms with Gasteiger partial charge in [0.2, 0.25) is 11.8 Å². The summed E-state index contributed by atoms with van der Waals surface area (Å²) in [7, 11) is 0. The Morgan fingerprint density at radius 1 is 0.904 bits per heavy atom. The van der Waals surface area contributed by atoms with Crippen LogP contribution in [-0.2, 0) is 9.59 Å². The molecule has 3 aromatic rings. The molecule has 1 unspecified atom stereocenters. The van der Waals surface area contributed by atoms with Gasteiger partial charge in [-0.25, -0.2) is 0 Å². The van der Waals surface area contributed by atoms with Crippen LogP contribution in [-0.4, -0.2) is 84.7 Å². The van der Waals surface area contributed by atoms with Gasteiger partial charge >= 0.3 is 0 Å². The van der Waals surface area contributed by atoms with Crippen molar-refractivity contribution in [1.82, 2.24) is 20.4 Å². The fourth-order valence-electron chi connectivity index (χ4n) is 8.22. The van der Waals surface area contributed by atoms with Crippen molar-refractivity contribution in [3.05, 3.63) is 75.9 Å². The quantitative estimate of drug-likeness (QED) is 0.295. The summed E-state index contributed by atoms with van der Waals surface area (Å²) in [6, 6.07) is 17.5. The van der Waals surface area contributed by atoms with Crippen LogP contribution in [0.3, 0.4) is 0 Å². The number of benzene rings is 2. The lowest BCUT2D eigenvalue weighted by Crippen LogP contribution is -2.49. The number of anilines is 2. The number of aromatic nitrogens is 2. The summed E-state index contributed by atoms with van der Waals surface area (Å²) in [6.45, 7) is 6.79. The minimum Gasteiger partial charge on any atom is -0.490 e. The first-order valence-corrected chi connectivity index (χ1v) is 18.8. The first-order valence-electron chi connectivity index (χ1n) is 18.4. The van der Waals surface area contributed by atoms with Crippen LogP contribution >= 0.6 is 11.6 Å². The maximum atomic E-state index is 12.4. The van der Waals surface area contributed by atoms with E-state index in [0.29, 0.717) is 35.1 Å². The van der Waals surface area contributed by atoms with E-state index in [2.05, 4.69) is 48.4 Å². The van der Waals surface area contributed by atoms with Crippen molar-refractivity contribution >= 4 is 40.8 Å². The molecule has 1 saturated carbocycles. The van der Waals surface area contributed by atoms with E-state index in [1.54, 1.807) is 18.2 Å². The van der Waals surface area contributed by atoms with Gasteiger partial charge in [0.15, 0.2) is 11.5 Å². The van der Waals surface area contributed by atoms with Gasteiger partial charge < -0.3 is 20.3 Å². The third kappa shape index (κ3) is 8.16. The van der Waals surface area contributed by atoms with Crippen molar-refractivity contribution in [1.29, 1.82) is 5.26 Å². The summed E-state index contributed by atoms with van der Waals surface area (Å²) >= 11 is 6.20. The van der Waals surface area contributed by atoms with Crippen molar-refractivity contribution in [2.75, 3.05) is 55.6 Å². The lowest BCUT2D eigenvalue weighted by molar-refractivity contribution is -0.134. The number of primary amides is 1. The van der Waals surface area contributed by atoms with E-state index in [1.807, 2.05) is 18.2 Å². The second kappa shape index (κ2) is 15.9. The van der Waals surface area contributed by atoms with Crippen LogP contribution < -0.4 is 25.6 Å². The van der Waals surface area contributed by atoms with Crippen LogP contribution in [0.1, 0.15) is 90.4 Å². The topological polar surface area (TPSA) is 158 Å². The highest BCUT2D eigenvalue weighted by molar-refractivity contribution is 6.31. The monoisotopic (exact) mass is 724 g/mol. The minimum absolute atomic E-state index is 0.0203. The summed E-state index contributed by atoms with van der Waals surface area (Å²) in [5.41, 5.74) is 9.45. The Morgan fingerprint density at radius 2 is 1.63 bits per heavy atom.